The highest BCUT2D eigenvalue weighted by atomic mass is 33.1. The largest absolute Gasteiger partial charge is 0.490 e. The SMILES string of the molecule is CC.CC(C)C#CCNC(=O)COCCO[C@@H](COc1cccc(C(=O)NCCN)c1)SSC(C)(C)C.[HH].[HH].[HH]. The molecule has 0 aliphatic carbocycles. The predicted molar refractivity (Wildman–Crippen MR) is 162 cm³/mol. The Morgan fingerprint density at radius 3 is 2.54 bits per heavy atom. The average molecular weight is 562 g/mol. The van der Waals surface area contributed by atoms with E-state index in [-0.39, 0.29) is 52.0 Å². The van der Waals surface area contributed by atoms with E-state index < -0.39 is 0 Å². The van der Waals surface area contributed by atoms with Crippen molar-refractivity contribution in [2.45, 2.75) is 58.6 Å². The van der Waals surface area contributed by atoms with Crippen LogP contribution in [0.4, 0.5) is 0 Å². The van der Waals surface area contributed by atoms with Gasteiger partial charge in [-0.05, 0) is 18.2 Å². The Bertz CT molecular complexity index is 851. The number of ether oxygens (including phenoxy) is 3. The normalized spacial score (nSPS) is 11.5. The van der Waals surface area contributed by atoms with Crippen LogP contribution in [-0.4, -0.2) is 68.1 Å². The van der Waals surface area contributed by atoms with Crippen molar-refractivity contribution < 1.29 is 28.1 Å². The highest BCUT2D eigenvalue weighted by Gasteiger charge is 2.18. The lowest BCUT2D eigenvalue weighted by molar-refractivity contribution is -0.126. The standard InChI is InChI=1S/C25H39N3O5S2.C2H6.3H2/c1-19(2)8-7-12-27-22(29)17-31-14-15-32-23(34-35-25(3,4)5)18-33-21-10-6-9-20(16-21)24(30)28-13-11-26;1-2;;;/h6,9-10,16,19,23H,11-15,17-18,26H2,1-5H3,(H,27,29)(H,28,30);1-2H3;3*1H/t23-;;;;/m1..../s1. The molecule has 4 N–H and O–H groups in total. The molecule has 1 aromatic carbocycles. The number of nitrogens with two attached hydrogens (primary N) is 1. The van der Waals surface area contributed by atoms with Gasteiger partial charge in [0.15, 0.2) is 0 Å². The number of benzene rings is 1. The van der Waals surface area contributed by atoms with Gasteiger partial charge in [-0.1, -0.05) is 88.0 Å². The number of amides is 2. The highest BCUT2D eigenvalue weighted by Crippen LogP contribution is 2.38. The van der Waals surface area contributed by atoms with Crippen LogP contribution in [-0.2, 0) is 14.3 Å². The molecule has 2 amide bonds. The van der Waals surface area contributed by atoms with E-state index in [1.165, 1.54) is 0 Å². The molecule has 0 aromatic heterocycles. The molecule has 8 nitrogen and oxygen atoms in total. The summed E-state index contributed by atoms with van der Waals surface area (Å²) in [5, 5.41) is 5.44. The van der Waals surface area contributed by atoms with Crippen LogP contribution >= 0.6 is 21.6 Å². The van der Waals surface area contributed by atoms with Crippen LogP contribution in [0, 0.1) is 17.8 Å². The third kappa shape index (κ3) is 19.8. The Kier molecular flexibility index (Phi) is 20.0. The third-order valence-corrected chi connectivity index (χ3v) is 7.36. The fourth-order valence-corrected chi connectivity index (χ4v) is 4.53. The molecule has 0 spiro atoms. The second-order valence-electron chi connectivity index (χ2n) is 8.78. The molecule has 1 aromatic rings. The molecule has 0 saturated carbocycles. The van der Waals surface area contributed by atoms with Crippen LogP contribution in [0.2, 0.25) is 0 Å². The molecule has 0 aliphatic heterocycles. The molecule has 216 valence electrons. The van der Waals surface area contributed by atoms with Gasteiger partial charge in [0, 0.05) is 33.6 Å². The summed E-state index contributed by atoms with van der Waals surface area (Å²) in [5.74, 6) is 6.33. The summed E-state index contributed by atoms with van der Waals surface area (Å²) in [6.07, 6.45) is 0. The Hall–Kier alpha value is -1.90. The van der Waals surface area contributed by atoms with Gasteiger partial charge in [-0.3, -0.25) is 9.59 Å². The number of rotatable bonds is 15. The van der Waals surface area contributed by atoms with E-state index in [4.69, 9.17) is 19.9 Å². The van der Waals surface area contributed by atoms with E-state index in [2.05, 4.69) is 43.2 Å². The molecular weight excluding hydrogens is 510 g/mol. The fraction of sp³-hybridized carbons (Fsp3) is 0.630. The van der Waals surface area contributed by atoms with Crippen molar-refractivity contribution in [2.24, 2.45) is 11.7 Å². The van der Waals surface area contributed by atoms with Gasteiger partial charge in [0.05, 0.1) is 19.8 Å². The first kappa shape index (κ1) is 35.1. The molecule has 0 saturated heterocycles. The maximum Gasteiger partial charge on any atom is 0.251 e. The number of carbonyl (C=O) groups excluding carboxylic acids is 2. The van der Waals surface area contributed by atoms with Gasteiger partial charge in [0.1, 0.15) is 24.4 Å². The van der Waals surface area contributed by atoms with Crippen molar-refractivity contribution >= 4 is 33.4 Å². The second kappa shape index (κ2) is 21.1. The van der Waals surface area contributed by atoms with Crippen molar-refractivity contribution in [3.63, 3.8) is 0 Å². The maximum absolute atomic E-state index is 12.2. The van der Waals surface area contributed by atoms with E-state index in [0.29, 0.717) is 37.6 Å². The van der Waals surface area contributed by atoms with Crippen LogP contribution in [0.25, 0.3) is 0 Å². The minimum Gasteiger partial charge on any atom is -0.490 e. The number of carbonyl (C=O) groups is 2. The van der Waals surface area contributed by atoms with Gasteiger partial charge in [-0.2, -0.15) is 0 Å². The Morgan fingerprint density at radius 1 is 1.16 bits per heavy atom. The summed E-state index contributed by atoms with van der Waals surface area (Å²) in [6.45, 7) is 16.3. The number of nitrogens with one attached hydrogen (secondary N) is 2. The zero-order valence-corrected chi connectivity index (χ0v) is 25.0. The first-order valence-corrected chi connectivity index (χ1v) is 14.8. The van der Waals surface area contributed by atoms with E-state index in [0.717, 1.165) is 0 Å². The van der Waals surface area contributed by atoms with E-state index in [9.17, 15) is 9.59 Å². The average Bonchev–Trinajstić information content (AvgIpc) is 2.86. The van der Waals surface area contributed by atoms with Crippen molar-refractivity contribution in [3.05, 3.63) is 29.8 Å². The summed E-state index contributed by atoms with van der Waals surface area (Å²) < 4.78 is 17.3. The van der Waals surface area contributed by atoms with Crippen molar-refractivity contribution in [1.29, 1.82) is 0 Å². The van der Waals surface area contributed by atoms with Gasteiger partial charge in [-0.15, -0.1) is 0 Å². The topological polar surface area (TPSA) is 112 Å². The summed E-state index contributed by atoms with van der Waals surface area (Å²) in [4.78, 5) is 23.9. The van der Waals surface area contributed by atoms with Gasteiger partial charge < -0.3 is 30.6 Å². The lowest BCUT2D eigenvalue weighted by Crippen LogP contribution is -2.29. The highest BCUT2D eigenvalue weighted by molar-refractivity contribution is 8.77. The molecule has 37 heavy (non-hydrogen) atoms. The molecule has 0 heterocycles. The summed E-state index contributed by atoms with van der Waals surface area (Å²) >= 11 is 0. The van der Waals surface area contributed by atoms with Crippen LogP contribution in [0.3, 0.4) is 0 Å². The van der Waals surface area contributed by atoms with E-state index in [1.54, 1.807) is 45.9 Å². The summed E-state index contributed by atoms with van der Waals surface area (Å²) in [5.41, 5.74) is 5.68. The molecule has 0 aliphatic rings. The molecule has 0 bridgehead atoms. The molecule has 0 fully saturated rings. The Balaban J connectivity index is -0.00000126. The molecule has 1 atom stereocenters. The van der Waals surface area contributed by atoms with Crippen LogP contribution in [0.15, 0.2) is 24.3 Å². The van der Waals surface area contributed by atoms with Gasteiger partial charge in [0.2, 0.25) is 5.91 Å². The van der Waals surface area contributed by atoms with Crippen LogP contribution < -0.4 is 21.1 Å². The maximum atomic E-state index is 12.2. The van der Waals surface area contributed by atoms with Crippen molar-refractivity contribution in [2.75, 3.05) is 46.1 Å². The number of hydrogen-bond acceptors (Lipinski definition) is 8. The van der Waals surface area contributed by atoms with E-state index in [1.807, 2.05) is 27.7 Å². The monoisotopic (exact) mass is 561 g/mol. The lowest BCUT2D eigenvalue weighted by Gasteiger charge is -2.22. The van der Waals surface area contributed by atoms with Crippen molar-refractivity contribution in [3.8, 4) is 17.6 Å². The third-order valence-electron chi connectivity index (χ3n) is 3.85. The van der Waals surface area contributed by atoms with Crippen LogP contribution in [0.1, 0.15) is 63.1 Å². The zero-order chi connectivity index (χ0) is 28.1. The molecule has 10 heteroatoms. The molecule has 0 unspecified atom stereocenters. The van der Waals surface area contributed by atoms with Gasteiger partial charge >= 0.3 is 0 Å². The minimum atomic E-state index is -0.266. The summed E-state index contributed by atoms with van der Waals surface area (Å²) in [6, 6.07) is 6.98. The molecule has 1 rings (SSSR count). The first-order valence-electron chi connectivity index (χ1n) is 12.6. The molecule has 0 radical (unpaired) electrons. The quantitative estimate of drug-likeness (QED) is 0.121. The second-order valence-corrected chi connectivity index (χ2v) is 12.0. The Morgan fingerprint density at radius 2 is 1.89 bits per heavy atom. The van der Waals surface area contributed by atoms with E-state index >= 15 is 0 Å². The number of hydrogen-bond donors (Lipinski definition) is 3. The van der Waals surface area contributed by atoms with Crippen LogP contribution in [0.5, 0.6) is 5.75 Å². The smallest absolute Gasteiger partial charge is 0.251 e. The minimum absolute atomic E-state index is 0. The van der Waals surface area contributed by atoms with Gasteiger partial charge in [-0.25, -0.2) is 0 Å². The zero-order valence-electron chi connectivity index (χ0n) is 23.3. The summed E-state index contributed by atoms with van der Waals surface area (Å²) in [7, 11) is 3.27. The fourth-order valence-electron chi connectivity index (χ4n) is 2.33. The Labute approximate surface area is 235 Å². The van der Waals surface area contributed by atoms with Crippen molar-refractivity contribution in [1.82, 2.24) is 10.6 Å². The predicted octanol–water partition coefficient (Wildman–Crippen LogP) is 4.83. The van der Waals surface area contributed by atoms with Gasteiger partial charge in [0.25, 0.3) is 5.91 Å². The first-order chi connectivity index (χ1) is 17.6. The molecular formula is C27H51N3O5S2. The lowest BCUT2D eigenvalue weighted by atomic mass is 10.2.